The molecular formula is C16H24N2O. The number of piperidine rings is 1. The number of benzene rings is 1. The minimum Gasteiger partial charge on any atom is -0.497 e. The molecule has 2 aliphatic rings. The third-order valence-electron chi connectivity index (χ3n) is 4.95. The molecule has 1 aliphatic heterocycles. The van der Waals surface area contributed by atoms with Crippen molar-refractivity contribution in [3.8, 4) is 5.75 Å². The molecule has 3 nitrogen and oxygen atoms in total. The number of rotatable bonds is 4. The van der Waals surface area contributed by atoms with Gasteiger partial charge in [0.15, 0.2) is 0 Å². The topological polar surface area (TPSA) is 24.5 Å². The van der Waals surface area contributed by atoms with Crippen molar-refractivity contribution < 1.29 is 4.74 Å². The van der Waals surface area contributed by atoms with E-state index in [2.05, 4.69) is 35.5 Å². The standard InChI is InChI=1S/C16H24N2O/c1-18(14-4-3-5-15(10-14)19-2)12-13-11-16(13)6-8-17-9-7-16/h3-5,10,13,17H,6-9,11-12H2,1-2H3. The molecule has 1 N–H and O–H groups in total. The zero-order valence-corrected chi connectivity index (χ0v) is 12.0. The number of nitrogens with zero attached hydrogens (tertiary/aromatic N) is 1. The predicted molar refractivity (Wildman–Crippen MR) is 78.9 cm³/mol. The summed E-state index contributed by atoms with van der Waals surface area (Å²) in [5.41, 5.74) is 1.92. The molecule has 1 aromatic carbocycles. The molecule has 1 saturated carbocycles. The van der Waals surface area contributed by atoms with Crippen molar-refractivity contribution in [2.45, 2.75) is 19.3 Å². The summed E-state index contributed by atoms with van der Waals surface area (Å²) in [6.45, 7) is 3.59. The van der Waals surface area contributed by atoms with Crippen LogP contribution in [-0.4, -0.2) is 33.8 Å². The highest BCUT2D eigenvalue weighted by atomic mass is 16.5. The van der Waals surface area contributed by atoms with Gasteiger partial charge in [0, 0.05) is 25.3 Å². The molecule has 1 aliphatic carbocycles. The Labute approximate surface area is 115 Å². The lowest BCUT2D eigenvalue weighted by atomic mass is 9.92. The zero-order chi connectivity index (χ0) is 13.3. The predicted octanol–water partition coefficient (Wildman–Crippen LogP) is 2.52. The van der Waals surface area contributed by atoms with Crippen LogP contribution in [0.1, 0.15) is 19.3 Å². The first-order valence-electron chi connectivity index (χ1n) is 7.29. The third-order valence-corrected chi connectivity index (χ3v) is 4.95. The minimum atomic E-state index is 0.665. The molecular weight excluding hydrogens is 236 g/mol. The van der Waals surface area contributed by atoms with E-state index in [1.54, 1.807) is 7.11 Å². The van der Waals surface area contributed by atoms with Gasteiger partial charge in [-0.05, 0) is 55.8 Å². The van der Waals surface area contributed by atoms with E-state index in [1.807, 2.05) is 6.07 Å². The van der Waals surface area contributed by atoms with Crippen molar-refractivity contribution >= 4 is 5.69 Å². The molecule has 0 bridgehead atoms. The summed E-state index contributed by atoms with van der Waals surface area (Å²) in [6.07, 6.45) is 4.15. The molecule has 1 heterocycles. The van der Waals surface area contributed by atoms with Crippen molar-refractivity contribution in [1.29, 1.82) is 0 Å². The second-order valence-electron chi connectivity index (χ2n) is 6.10. The molecule has 3 heteroatoms. The lowest BCUT2D eigenvalue weighted by Crippen LogP contribution is -2.31. The normalized spacial score (nSPS) is 24.2. The number of hydrogen-bond acceptors (Lipinski definition) is 3. The molecule has 1 saturated heterocycles. The van der Waals surface area contributed by atoms with E-state index in [4.69, 9.17) is 4.74 Å². The highest BCUT2D eigenvalue weighted by molar-refractivity contribution is 5.50. The SMILES string of the molecule is COc1cccc(N(C)CC2CC23CCNCC3)c1. The van der Waals surface area contributed by atoms with E-state index in [-0.39, 0.29) is 0 Å². The van der Waals surface area contributed by atoms with Crippen LogP contribution >= 0.6 is 0 Å². The summed E-state index contributed by atoms with van der Waals surface area (Å²) in [5, 5.41) is 3.47. The van der Waals surface area contributed by atoms with Gasteiger partial charge in [0.25, 0.3) is 0 Å². The lowest BCUT2D eigenvalue weighted by Gasteiger charge is -2.26. The Balaban J connectivity index is 1.61. The van der Waals surface area contributed by atoms with Crippen LogP contribution in [0.15, 0.2) is 24.3 Å². The Morgan fingerprint density at radius 3 is 2.89 bits per heavy atom. The Kier molecular flexibility index (Phi) is 3.40. The van der Waals surface area contributed by atoms with Gasteiger partial charge < -0.3 is 15.0 Å². The number of anilines is 1. The summed E-state index contributed by atoms with van der Waals surface area (Å²) >= 11 is 0. The molecule has 3 rings (SSSR count). The number of methoxy groups -OCH3 is 1. The Bertz CT molecular complexity index is 440. The first-order valence-corrected chi connectivity index (χ1v) is 7.29. The van der Waals surface area contributed by atoms with Gasteiger partial charge in [-0.3, -0.25) is 0 Å². The Morgan fingerprint density at radius 1 is 1.37 bits per heavy atom. The maximum Gasteiger partial charge on any atom is 0.120 e. The summed E-state index contributed by atoms with van der Waals surface area (Å²) < 4.78 is 5.30. The van der Waals surface area contributed by atoms with Crippen LogP contribution in [-0.2, 0) is 0 Å². The first-order chi connectivity index (χ1) is 9.23. The largest absolute Gasteiger partial charge is 0.497 e. The van der Waals surface area contributed by atoms with Crippen molar-refractivity contribution in [3.05, 3.63) is 24.3 Å². The van der Waals surface area contributed by atoms with Crippen molar-refractivity contribution in [2.75, 3.05) is 38.7 Å². The fraction of sp³-hybridized carbons (Fsp3) is 0.625. The van der Waals surface area contributed by atoms with E-state index in [0.717, 1.165) is 11.7 Å². The van der Waals surface area contributed by atoms with Crippen molar-refractivity contribution in [3.63, 3.8) is 0 Å². The van der Waals surface area contributed by atoms with Gasteiger partial charge in [-0.25, -0.2) is 0 Å². The van der Waals surface area contributed by atoms with Crippen LogP contribution in [0.25, 0.3) is 0 Å². The summed E-state index contributed by atoms with van der Waals surface area (Å²) in [6, 6.07) is 8.36. The quantitative estimate of drug-likeness (QED) is 0.900. The smallest absolute Gasteiger partial charge is 0.120 e. The van der Waals surface area contributed by atoms with E-state index >= 15 is 0 Å². The molecule has 1 unspecified atom stereocenters. The summed E-state index contributed by atoms with van der Waals surface area (Å²) in [5.74, 6) is 1.82. The summed E-state index contributed by atoms with van der Waals surface area (Å²) in [4.78, 5) is 2.38. The summed E-state index contributed by atoms with van der Waals surface area (Å²) in [7, 11) is 3.92. The number of nitrogens with one attached hydrogen (secondary N) is 1. The van der Waals surface area contributed by atoms with Gasteiger partial charge in [-0.2, -0.15) is 0 Å². The fourth-order valence-electron chi connectivity index (χ4n) is 3.51. The van der Waals surface area contributed by atoms with Gasteiger partial charge >= 0.3 is 0 Å². The van der Waals surface area contributed by atoms with Crippen molar-refractivity contribution in [2.24, 2.45) is 11.3 Å². The molecule has 0 amide bonds. The maximum absolute atomic E-state index is 5.30. The van der Waals surface area contributed by atoms with Gasteiger partial charge in [0.2, 0.25) is 0 Å². The fourth-order valence-corrected chi connectivity index (χ4v) is 3.51. The molecule has 0 aromatic heterocycles. The highest BCUT2D eigenvalue weighted by Crippen LogP contribution is 2.58. The third kappa shape index (κ3) is 2.57. The van der Waals surface area contributed by atoms with Crippen LogP contribution in [0.4, 0.5) is 5.69 Å². The van der Waals surface area contributed by atoms with Crippen LogP contribution in [0.2, 0.25) is 0 Å². The molecule has 0 radical (unpaired) electrons. The zero-order valence-electron chi connectivity index (χ0n) is 12.0. The molecule has 2 fully saturated rings. The second kappa shape index (κ2) is 5.04. The first kappa shape index (κ1) is 12.8. The average molecular weight is 260 g/mol. The van der Waals surface area contributed by atoms with Gasteiger partial charge in [0.1, 0.15) is 5.75 Å². The Morgan fingerprint density at radius 2 is 2.16 bits per heavy atom. The van der Waals surface area contributed by atoms with Crippen LogP contribution in [0.3, 0.4) is 0 Å². The monoisotopic (exact) mass is 260 g/mol. The van der Waals surface area contributed by atoms with E-state index in [0.29, 0.717) is 5.41 Å². The van der Waals surface area contributed by atoms with Crippen LogP contribution in [0.5, 0.6) is 5.75 Å². The van der Waals surface area contributed by atoms with Crippen molar-refractivity contribution in [1.82, 2.24) is 5.32 Å². The molecule has 1 atom stereocenters. The molecule has 19 heavy (non-hydrogen) atoms. The highest BCUT2D eigenvalue weighted by Gasteiger charge is 2.53. The molecule has 1 aromatic rings. The number of ether oxygens (including phenoxy) is 1. The van der Waals surface area contributed by atoms with Gasteiger partial charge in [-0.1, -0.05) is 6.07 Å². The minimum absolute atomic E-state index is 0.665. The average Bonchev–Trinajstić information content (AvgIpc) is 3.11. The molecule has 104 valence electrons. The number of hydrogen-bond donors (Lipinski definition) is 1. The lowest BCUT2D eigenvalue weighted by molar-refractivity contribution is 0.324. The maximum atomic E-state index is 5.30. The van der Waals surface area contributed by atoms with Gasteiger partial charge in [0.05, 0.1) is 7.11 Å². The van der Waals surface area contributed by atoms with Crippen LogP contribution < -0.4 is 15.0 Å². The van der Waals surface area contributed by atoms with E-state index in [1.165, 1.54) is 44.6 Å². The van der Waals surface area contributed by atoms with E-state index < -0.39 is 0 Å². The second-order valence-corrected chi connectivity index (χ2v) is 6.10. The molecule has 1 spiro atoms. The Hall–Kier alpha value is -1.22. The van der Waals surface area contributed by atoms with E-state index in [9.17, 15) is 0 Å². The van der Waals surface area contributed by atoms with Crippen LogP contribution in [0, 0.1) is 11.3 Å². The van der Waals surface area contributed by atoms with Gasteiger partial charge in [-0.15, -0.1) is 0 Å².